The van der Waals surface area contributed by atoms with Gasteiger partial charge in [0.25, 0.3) is 0 Å². The Labute approximate surface area is 108 Å². The van der Waals surface area contributed by atoms with E-state index in [2.05, 4.69) is 15.3 Å². The number of nitrogens with two attached hydrogens (primary N) is 1. The van der Waals surface area contributed by atoms with Crippen molar-refractivity contribution in [1.29, 1.82) is 0 Å². The molecule has 3 N–H and O–H groups in total. The monoisotopic (exact) mass is 259 g/mol. The minimum atomic E-state index is -0.609. The number of hydrogen-bond donors (Lipinski definition) is 2. The number of nitrogens with one attached hydrogen (secondary N) is 1. The molecule has 7 nitrogen and oxygen atoms in total. The Balaban J connectivity index is 2.43. The van der Waals surface area contributed by atoms with Crippen molar-refractivity contribution in [2.75, 3.05) is 5.73 Å². The predicted octanol–water partition coefficient (Wildman–Crippen LogP) is 2.14. The van der Waals surface area contributed by atoms with E-state index >= 15 is 0 Å². The lowest BCUT2D eigenvalue weighted by molar-refractivity contribution is 0.0917. The fourth-order valence-electron chi connectivity index (χ4n) is 1.54. The van der Waals surface area contributed by atoms with Gasteiger partial charge in [-0.1, -0.05) is 18.2 Å². The van der Waals surface area contributed by atoms with Crippen LogP contribution in [0.25, 0.3) is 0 Å². The molecule has 7 heteroatoms. The maximum Gasteiger partial charge on any atom is 0.303 e. The summed E-state index contributed by atoms with van der Waals surface area (Å²) in [6, 6.07) is 7.34. The molecule has 0 saturated carbocycles. The third kappa shape index (κ3) is 2.44. The van der Waals surface area contributed by atoms with Gasteiger partial charge in [-0.2, -0.15) is 4.68 Å². The van der Waals surface area contributed by atoms with Gasteiger partial charge in [0.15, 0.2) is 5.69 Å². The van der Waals surface area contributed by atoms with Crippen LogP contribution in [0.3, 0.4) is 0 Å². The highest BCUT2D eigenvalue weighted by molar-refractivity contribution is 5.77. The molecule has 0 saturated heterocycles. The molecule has 0 amide bonds. The zero-order valence-corrected chi connectivity index (χ0v) is 10.5. The number of benzene rings is 1. The van der Waals surface area contributed by atoms with Gasteiger partial charge < -0.3 is 5.73 Å². The van der Waals surface area contributed by atoms with Crippen LogP contribution >= 0.6 is 0 Å². The molecule has 0 aliphatic heterocycles. The van der Waals surface area contributed by atoms with Crippen molar-refractivity contribution < 1.29 is 4.79 Å². The normalized spacial score (nSPS) is 11.1. The zero-order chi connectivity index (χ0) is 14.0. The molecule has 0 spiro atoms. The second-order valence-corrected chi connectivity index (χ2v) is 4.02. The first-order valence-electron chi connectivity index (χ1n) is 5.59. The molecule has 1 heterocycles. The van der Waals surface area contributed by atoms with Crippen LogP contribution < -0.4 is 11.3 Å². The largest absolute Gasteiger partial charge is 0.382 e. The molecular formula is C12H13N5O2. The summed E-state index contributed by atoms with van der Waals surface area (Å²) < 4.78 is 0.793. The molecule has 2 rings (SSSR count). The lowest BCUT2D eigenvalue weighted by atomic mass is 10.2. The number of aromatic nitrogens is 2. The van der Waals surface area contributed by atoms with Gasteiger partial charge in [0.2, 0.25) is 5.91 Å². The topological polar surface area (TPSA) is 106 Å². The minimum Gasteiger partial charge on any atom is -0.382 e. The Hall–Kier alpha value is -2.70. The van der Waals surface area contributed by atoms with Crippen molar-refractivity contribution >= 4 is 23.1 Å². The molecular weight excluding hydrogens is 246 g/mol. The van der Waals surface area contributed by atoms with Gasteiger partial charge in [0.1, 0.15) is 5.82 Å². The molecule has 0 bridgehead atoms. The quantitative estimate of drug-likeness (QED) is 0.807. The standard InChI is InChI=1S/C12H13N5O2/c1-7-5-3-4-6-9(7)14-15-10-11(13)16-17(8(2)18)12(10)19/h3-6,16H,13H2,1-2H3. The molecule has 0 aliphatic rings. The number of rotatable bonds is 2. The summed E-state index contributed by atoms with van der Waals surface area (Å²) in [7, 11) is 0. The Morgan fingerprint density at radius 2 is 2.00 bits per heavy atom. The van der Waals surface area contributed by atoms with E-state index in [1.807, 2.05) is 25.1 Å². The number of carbonyl (C=O) groups excluding carboxylic acids is 1. The number of aryl methyl sites for hydroxylation is 1. The fourth-order valence-corrected chi connectivity index (χ4v) is 1.54. The average molecular weight is 259 g/mol. The van der Waals surface area contributed by atoms with Crippen LogP contribution in [0.15, 0.2) is 39.3 Å². The van der Waals surface area contributed by atoms with Gasteiger partial charge in [-0.15, -0.1) is 10.2 Å². The molecule has 0 unspecified atom stereocenters. The second-order valence-electron chi connectivity index (χ2n) is 4.02. The third-order valence-corrected chi connectivity index (χ3v) is 2.58. The third-order valence-electron chi connectivity index (χ3n) is 2.58. The number of nitrogens with zero attached hydrogens (tertiary/aromatic N) is 3. The van der Waals surface area contributed by atoms with E-state index in [9.17, 15) is 9.59 Å². The molecule has 0 radical (unpaired) electrons. The molecule has 1 aromatic carbocycles. The maximum absolute atomic E-state index is 11.8. The smallest absolute Gasteiger partial charge is 0.303 e. The molecule has 0 aliphatic carbocycles. The van der Waals surface area contributed by atoms with Gasteiger partial charge in [-0.05, 0) is 18.6 Å². The Bertz CT molecular complexity index is 711. The molecule has 0 fully saturated rings. The van der Waals surface area contributed by atoms with E-state index in [1.54, 1.807) is 6.07 Å². The van der Waals surface area contributed by atoms with E-state index < -0.39 is 11.5 Å². The summed E-state index contributed by atoms with van der Waals surface area (Å²) in [5, 5.41) is 10.2. The van der Waals surface area contributed by atoms with Gasteiger partial charge >= 0.3 is 5.56 Å². The van der Waals surface area contributed by atoms with Crippen molar-refractivity contribution in [3.05, 3.63) is 40.2 Å². The molecule has 2 aromatic rings. The summed E-state index contributed by atoms with van der Waals surface area (Å²) in [5.41, 5.74) is 6.48. The van der Waals surface area contributed by atoms with Crippen molar-refractivity contribution in [3.63, 3.8) is 0 Å². The highest BCUT2D eigenvalue weighted by atomic mass is 16.2. The van der Waals surface area contributed by atoms with Crippen molar-refractivity contribution in [2.24, 2.45) is 10.2 Å². The van der Waals surface area contributed by atoms with E-state index in [0.717, 1.165) is 10.2 Å². The minimum absolute atomic E-state index is 0.0116. The molecule has 98 valence electrons. The number of hydrogen-bond acceptors (Lipinski definition) is 5. The first kappa shape index (κ1) is 12.7. The summed E-state index contributed by atoms with van der Waals surface area (Å²) in [4.78, 5) is 23.0. The summed E-state index contributed by atoms with van der Waals surface area (Å²) in [6.07, 6.45) is 0. The van der Waals surface area contributed by atoms with E-state index in [4.69, 9.17) is 5.73 Å². The Morgan fingerprint density at radius 3 is 2.58 bits per heavy atom. The number of aromatic amines is 1. The average Bonchev–Trinajstić information content (AvgIpc) is 2.65. The van der Waals surface area contributed by atoms with Gasteiger partial charge in [0, 0.05) is 6.92 Å². The SMILES string of the molecule is CC(=O)n1[nH]c(N)c(N=Nc2ccccc2C)c1=O. The molecule has 19 heavy (non-hydrogen) atoms. The van der Waals surface area contributed by atoms with Gasteiger partial charge in [-0.25, -0.2) is 0 Å². The highest BCUT2D eigenvalue weighted by Crippen LogP contribution is 2.22. The lowest BCUT2D eigenvalue weighted by Gasteiger charge is -1.95. The number of anilines is 1. The van der Waals surface area contributed by atoms with E-state index in [-0.39, 0.29) is 11.5 Å². The Morgan fingerprint density at radius 1 is 1.32 bits per heavy atom. The van der Waals surface area contributed by atoms with Crippen LogP contribution in [-0.2, 0) is 0 Å². The fraction of sp³-hybridized carbons (Fsp3) is 0.167. The summed E-state index contributed by atoms with van der Waals surface area (Å²) in [5.74, 6) is -0.452. The van der Waals surface area contributed by atoms with Crippen LogP contribution in [-0.4, -0.2) is 15.7 Å². The number of H-pyrrole nitrogens is 1. The number of carbonyl (C=O) groups is 1. The number of azo groups is 1. The Kier molecular flexibility index (Phi) is 3.28. The first-order valence-corrected chi connectivity index (χ1v) is 5.59. The summed E-state index contributed by atoms with van der Waals surface area (Å²) >= 11 is 0. The predicted molar refractivity (Wildman–Crippen MR) is 71.1 cm³/mol. The van der Waals surface area contributed by atoms with Crippen LogP contribution in [0.4, 0.5) is 17.2 Å². The van der Waals surface area contributed by atoms with E-state index in [1.165, 1.54) is 6.92 Å². The van der Waals surface area contributed by atoms with Crippen molar-refractivity contribution in [2.45, 2.75) is 13.8 Å². The number of nitrogen functional groups attached to an aromatic ring is 1. The van der Waals surface area contributed by atoms with Gasteiger partial charge in [0.05, 0.1) is 5.69 Å². The van der Waals surface area contributed by atoms with Crippen molar-refractivity contribution in [1.82, 2.24) is 9.78 Å². The first-order chi connectivity index (χ1) is 9.00. The van der Waals surface area contributed by atoms with Crippen LogP contribution in [0.1, 0.15) is 17.3 Å². The van der Waals surface area contributed by atoms with Gasteiger partial charge in [-0.3, -0.25) is 14.7 Å². The lowest BCUT2D eigenvalue weighted by Crippen LogP contribution is -2.21. The second kappa shape index (κ2) is 4.89. The van der Waals surface area contributed by atoms with Crippen LogP contribution in [0, 0.1) is 6.92 Å². The summed E-state index contributed by atoms with van der Waals surface area (Å²) in [6.45, 7) is 3.13. The van der Waals surface area contributed by atoms with Crippen molar-refractivity contribution in [3.8, 4) is 0 Å². The maximum atomic E-state index is 11.8. The highest BCUT2D eigenvalue weighted by Gasteiger charge is 2.13. The van der Waals surface area contributed by atoms with Crippen LogP contribution in [0.2, 0.25) is 0 Å². The zero-order valence-electron chi connectivity index (χ0n) is 10.5. The van der Waals surface area contributed by atoms with Crippen LogP contribution in [0.5, 0.6) is 0 Å². The molecule has 1 aromatic heterocycles. The molecule has 0 atom stereocenters. The van der Waals surface area contributed by atoms with E-state index in [0.29, 0.717) is 5.69 Å².